The van der Waals surface area contributed by atoms with Gasteiger partial charge in [0.15, 0.2) is 0 Å². The Labute approximate surface area is 155 Å². The summed E-state index contributed by atoms with van der Waals surface area (Å²) >= 11 is 1.42. The number of aromatic nitrogens is 2. The molecule has 1 N–H and O–H groups in total. The van der Waals surface area contributed by atoms with Gasteiger partial charge in [0.25, 0.3) is 5.91 Å². The van der Waals surface area contributed by atoms with E-state index in [0.717, 1.165) is 45.7 Å². The molecule has 26 heavy (non-hydrogen) atoms. The van der Waals surface area contributed by atoms with Crippen LogP contribution < -0.4 is 5.32 Å². The highest BCUT2D eigenvalue weighted by Crippen LogP contribution is 2.40. The van der Waals surface area contributed by atoms with Gasteiger partial charge in [0.05, 0.1) is 16.6 Å². The van der Waals surface area contributed by atoms with Crippen LogP contribution in [0, 0.1) is 19.7 Å². The van der Waals surface area contributed by atoms with E-state index < -0.39 is 0 Å². The number of hydrogen-bond donors (Lipinski definition) is 1. The van der Waals surface area contributed by atoms with E-state index in [1.807, 2.05) is 20.8 Å². The Morgan fingerprint density at radius 1 is 1.23 bits per heavy atom. The normalized spacial score (nSPS) is 15.2. The van der Waals surface area contributed by atoms with E-state index in [4.69, 9.17) is 4.98 Å². The molecule has 1 aliphatic carbocycles. The quantitative estimate of drug-likeness (QED) is 0.718. The fourth-order valence-electron chi connectivity index (χ4n) is 3.20. The lowest BCUT2D eigenvalue weighted by Crippen LogP contribution is -2.26. The Bertz CT molecular complexity index is 992. The lowest BCUT2D eigenvalue weighted by Gasteiger charge is -2.14. The smallest absolute Gasteiger partial charge is 0.262 e. The van der Waals surface area contributed by atoms with Crippen LogP contribution in [-0.4, -0.2) is 15.9 Å². The van der Waals surface area contributed by atoms with Crippen molar-refractivity contribution in [1.82, 2.24) is 15.3 Å². The highest BCUT2D eigenvalue weighted by Gasteiger charge is 2.28. The van der Waals surface area contributed by atoms with Crippen molar-refractivity contribution in [3.63, 3.8) is 0 Å². The third-order valence-electron chi connectivity index (χ3n) is 4.85. The zero-order valence-corrected chi connectivity index (χ0v) is 15.8. The van der Waals surface area contributed by atoms with Gasteiger partial charge in [-0.3, -0.25) is 4.79 Å². The molecule has 1 aromatic carbocycles. The maximum Gasteiger partial charge on any atom is 0.262 e. The van der Waals surface area contributed by atoms with Crippen LogP contribution in [0.2, 0.25) is 0 Å². The summed E-state index contributed by atoms with van der Waals surface area (Å²) < 4.78 is 13.1. The van der Waals surface area contributed by atoms with Crippen LogP contribution in [0.15, 0.2) is 24.3 Å². The number of thiophene rings is 1. The topological polar surface area (TPSA) is 54.9 Å². The molecule has 3 aromatic rings. The Balaban J connectivity index is 1.63. The third-order valence-corrected chi connectivity index (χ3v) is 6.04. The van der Waals surface area contributed by atoms with Crippen molar-refractivity contribution in [2.75, 3.05) is 0 Å². The molecule has 2 aromatic heterocycles. The monoisotopic (exact) mass is 369 g/mol. The van der Waals surface area contributed by atoms with Crippen molar-refractivity contribution < 1.29 is 9.18 Å². The number of nitrogens with one attached hydrogen (secondary N) is 1. The van der Waals surface area contributed by atoms with Crippen LogP contribution in [0.1, 0.15) is 64.0 Å². The number of hydrogen-bond acceptors (Lipinski definition) is 4. The summed E-state index contributed by atoms with van der Waals surface area (Å²) in [6.45, 7) is 5.83. The zero-order valence-electron chi connectivity index (χ0n) is 15.0. The molecule has 1 atom stereocenters. The molecular weight excluding hydrogens is 349 g/mol. The van der Waals surface area contributed by atoms with Crippen LogP contribution in [0.4, 0.5) is 4.39 Å². The molecule has 1 saturated carbocycles. The van der Waals surface area contributed by atoms with Gasteiger partial charge in [-0.05, 0) is 56.9 Å². The number of fused-ring (bicyclic) bond motifs is 1. The molecule has 1 aliphatic rings. The SMILES string of the molecule is Cc1nc(C2CC2)nc2sc(C(=O)NC(C)c3ccc(F)cc3)c(C)c12. The van der Waals surface area contributed by atoms with Gasteiger partial charge in [-0.1, -0.05) is 12.1 Å². The first kappa shape index (κ1) is 17.1. The fraction of sp³-hybridized carbons (Fsp3) is 0.350. The van der Waals surface area contributed by atoms with E-state index in [9.17, 15) is 9.18 Å². The zero-order chi connectivity index (χ0) is 18.4. The molecule has 1 unspecified atom stereocenters. The van der Waals surface area contributed by atoms with Gasteiger partial charge in [0.2, 0.25) is 0 Å². The second-order valence-corrected chi connectivity index (χ2v) is 7.92. The van der Waals surface area contributed by atoms with Crippen LogP contribution in [0.5, 0.6) is 0 Å². The summed E-state index contributed by atoms with van der Waals surface area (Å²) in [6, 6.07) is 5.98. The molecule has 4 rings (SSSR count). The standard InChI is InChI=1S/C20H20FN3OS/c1-10-16-12(3)22-18(14-4-5-14)24-20(16)26-17(10)19(25)23-11(2)13-6-8-15(21)9-7-13/h6-9,11,14H,4-5H2,1-3H3,(H,23,25). The van der Waals surface area contributed by atoms with Gasteiger partial charge in [-0.15, -0.1) is 11.3 Å². The van der Waals surface area contributed by atoms with Gasteiger partial charge in [-0.2, -0.15) is 0 Å². The maximum absolute atomic E-state index is 13.1. The minimum Gasteiger partial charge on any atom is -0.345 e. The summed E-state index contributed by atoms with van der Waals surface area (Å²) in [4.78, 5) is 23.7. The van der Waals surface area contributed by atoms with Gasteiger partial charge in [0.1, 0.15) is 16.5 Å². The van der Waals surface area contributed by atoms with Crippen molar-refractivity contribution >= 4 is 27.5 Å². The number of carbonyl (C=O) groups excluding carboxylic acids is 1. The lowest BCUT2D eigenvalue weighted by atomic mass is 10.1. The summed E-state index contributed by atoms with van der Waals surface area (Å²) in [6.07, 6.45) is 2.30. The number of amides is 1. The predicted octanol–water partition coefficient (Wildman–Crippen LogP) is 4.82. The molecule has 0 aliphatic heterocycles. The van der Waals surface area contributed by atoms with Crippen LogP contribution >= 0.6 is 11.3 Å². The molecule has 1 fully saturated rings. The van der Waals surface area contributed by atoms with E-state index in [1.54, 1.807) is 12.1 Å². The molecule has 0 saturated heterocycles. The van der Waals surface area contributed by atoms with E-state index in [2.05, 4.69) is 10.3 Å². The molecule has 0 radical (unpaired) electrons. The van der Waals surface area contributed by atoms with Crippen molar-refractivity contribution in [3.8, 4) is 0 Å². The highest BCUT2D eigenvalue weighted by atomic mass is 32.1. The summed E-state index contributed by atoms with van der Waals surface area (Å²) in [7, 11) is 0. The van der Waals surface area contributed by atoms with E-state index in [1.165, 1.54) is 23.5 Å². The van der Waals surface area contributed by atoms with E-state index >= 15 is 0 Å². The number of rotatable bonds is 4. The maximum atomic E-state index is 13.1. The average Bonchev–Trinajstić information content (AvgIpc) is 3.39. The first-order valence-corrected chi connectivity index (χ1v) is 9.59. The predicted molar refractivity (Wildman–Crippen MR) is 101 cm³/mol. The lowest BCUT2D eigenvalue weighted by molar-refractivity contribution is 0.0943. The van der Waals surface area contributed by atoms with Crippen molar-refractivity contribution in [3.05, 3.63) is 57.6 Å². The molecule has 1 amide bonds. The molecular formula is C20H20FN3OS. The second kappa shape index (κ2) is 6.43. The largest absolute Gasteiger partial charge is 0.345 e. The van der Waals surface area contributed by atoms with Crippen LogP contribution in [0.3, 0.4) is 0 Å². The third kappa shape index (κ3) is 3.09. The Kier molecular flexibility index (Phi) is 4.23. The molecule has 2 heterocycles. The average molecular weight is 369 g/mol. The Morgan fingerprint density at radius 3 is 2.58 bits per heavy atom. The number of halogens is 1. The summed E-state index contributed by atoms with van der Waals surface area (Å²) in [5, 5.41) is 3.99. The molecule has 4 nitrogen and oxygen atoms in total. The highest BCUT2D eigenvalue weighted by molar-refractivity contribution is 7.20. The molecule has 0 spiro atoms. The first-order valence-electron chi connectivity index (χ1n) is 8.78. The van der Waals surface area contributed by atoms with E-state index in [-0.39, 0.29) is 17.8 Å². The van der Waals surface area contributed by atoms with Crippen molar-refractivity contribution in [2.45, 2.75) is 45.6 Å². The first-order chi connectivity index (χ1) is 12.4. The summed E-state index contributed by atoms with van der Waals surface area (Å²) in [5.41, 5.74) is 2.73. The van der Waals surface area contributed by atoms with E-state index in [0.29, 0.717) is 10.8 Å². The van der Waals surface area contributed by atoms with Gasteiger partial charge in [-0.25, -0.2) is 14.4 Å². The van der Waals surface area contributed by atoms with Crippen molar-refractivity contribution in [2.24, 2.45) is 0 Å². The second-order valence-electron chi connectivity index (χ2n) is 6.92. The Morgan fingerprint density at radius 2 is 1.92 bits per heavy atom. The molecule has 134 valence electrons. The fourth-order valence-corrected chi connectivity index (χ4v) is 4.34. The minimum atomic E-state index is -0.284. The Hall–Kier alpha value is -2.34. The van der Waals surface area contributed by atoms with Gasteiger partial charge in [0, 0.05) is 11.3 Å². The molecule has 6 heteroatoms. The van der Waals surface area contributed by atoms with Crippen LogP contribution in [0.25, 0.3) is 10.2 Å². The number of benzene rings is 1. The molecule has 0 bridgehead atoms. The number of carbonyl (C=O) groups is 1. The van der Waals surface area contributed by atoms with Crippen LogP contribution in [-0.2, 0) is 0 Å². The minimum absolute atomic E-state index is 0.130. The van der Waals surface area contributed by atoms with Crippen molar-refractivity contribution in [1.29, 1.82) is 0 Å². The number of aryl methyl sites for hydroxylation is 2. The summed E-state index contributed by atoms with van der Waals surface area (Å²) in [5.74, 6) is 0.974. The van der Waals surface area contributed by atoms with Gasteiger partial charge >= 0.3 is 0 Å². The van der Waals surface area contributed by atoms with Gasteiger partial charge < -0.3 is 5.32 Å². The number of nitrogens with zero attached hydrogens (tertiary/aromatic N) is 2.